The van der Waals surface area contributed by atoms with Crippen molar-refractivity contribution in [2.24, 2.45) is 0 Å². The third-order valence-corrected chi connectivity index (χ3v) is 3.32. The molecule has 0 aliphatic heterocycles. The van der Waals surface area contributed by atoms with Gasteiger partial charge in [-0.05, 0) is 37.6 Å². The minimum absolute atomic E-state index is 0.0384. The third kappa shape index (κ3) is 3.74. The molecule has 0 spiro atoms. The molecule has 0 saturated heterocycles. The van der Waals surface area contributed by atoms with E-state index in [4.69, 9.17) is 16.3 Å². The van der Waals surface area contributed by atoms with Crippen molar-refractivity contribution in [1.29, 1.82) is 0 Å². The van der Waals surface area contributed by atoms with Crippen LogP contribution in [0.5, 0.6) is 5.75 Å². The van der Waals surface area contributed by atoms with E-state index >= 15 is 0 Å². The highest BCUT2D eigenvalue weighted by Gasteiger charge is 2.11. The van der Waals surface area contributed by atoms with Gasteiger partial charge in [-0.3, -0.25) is 9.89 Å². The number of rotatable bonds is 5. The summed E-state index contributed by atoms with van der Waals surface area (Å²) in [4.78, 5) is 11.8. The Morgan fingerprint density at radius 1 is 1.55 bits per heavy atom. The van der Waals surface area contributed by atoms with E-state index in [-0.39, 0.29) is 18.6 Å². The summed E-state index contributed by atoms with van der Waals surface area (Å²) in [6, 6.07) is 5.17. The maximum atomic E-state index is 11.8. The Bertz CT molecular complexity index is 584. The summed E-state index contributed by atoms with van der Waals surface area (Å²) >= 11 is 5.93. The monoisotopic (exact) mass is 293 g/mol. The van der Waals surface area contributed by atoms with Crippen molar-refractivity contribution in [3.63, 3.8) is 0 Å². The minimum atomic E-state index is -0.189. The van der Waals surface area contributed by atoms with Crippen LogP contribution in [0.2, 0.25) is 5.02 Å². The van der Waals surface area contributed by atoms with Gasteiger partial charge in [0.25, 0.3) is 5.91 Å². The van der Waals surface area contributed by atoms with Crippen LogP contribution in [0.4, 0.5) is 0 Å². The smallest absolute Gasteiger partial charge is 0.258 e. The van der Waals surface area contributed by atoms with E-state index in [9.17, 15) is 4.79 Å². The second-order valence-electron chi connectivity index (χ2n) is 4.52. The van der Waals surface area contributed by atoms with Crippen LogP contribution < -0.4 is 10.1 Å². The average Bonchev–Trinajstić information content (AvgIpc) is 2.94. The van der Waals surface area contributed by atoms with Crippen LogP contribution in [0.1, 0.15) is 24.1 Å². The molecular formula is C14H16ClN3O2. The van der Waals surface area contributed by atoms with E-state index in [1.165, 1.54) is 0 Å². The number of amides is 1. The number of ether oxygens (including phenoxy) is 1. The first kappa shape index (κ1) is 14.4. The summed E-state index contributed by atoms with van der Waals surface area (Å²) in [5, 5.41) is 10.1. The number of carbonyl (C=O) groups is 1. The van der Waals surface area contributed by atoms with Crippen LogP contribution in [0, 0.1) is 6.92 Å². The number of nitrogens with zero attached hydrogens (tertiary/aromatic N) is 1. The predicted octanol–water partition coefficient (Wildman–Crippen LogP) is 2.63. The van der Waals surface area contributed by atoms with Gasteiger partial charge in [-0.2, -0.15) is 5.10 Å². The molecule has 6 heteroatoms. The molecule has 1 heterocycles. The Balaban J connectivity index is 1.84. The maximum absolute atomic E-state index is 11.8. The molecule has 1 aromatic heterocycles. The zero-order valence-corrected chi connectivity index (χ0v) is 12.1. The maximum Gasteiger partial charge on any atom is 0.258 e. The minimum Gasteiger partial charge on any atom is -0.484 e. The van der Waals surface area contributed by atoms with Gasteiger partial charge in [0, 0.05) is 16.8 Å². The van der Waals surface area contributed by atoms with Crippen LogP contribution >= 0.6 is 11.6 Å². The largest absolute Gasteiger partial charge is 0.484 e. The van der Waals surface area contributed by atoms with E-state index in [1.807, 2.05) is 13.8 Å². The van der Waals surface area contributed by atoms with Gasteiger partial charge < -0.3 is 10.1 Å². The Kier molecular flexibility index (Phi) is 4.63. The number of aromatic amines is 1. The molecule has 0 fully saturated rings. The van der Waals surface area contributed by atoms with Crippen LogP contribution in [-0.2, 0) is 4.79 Å². The number of halogens is 1. The molecule has 106 valence electrons. The molecule has 20 heavy (non-hydrogen) atoms. The molecule has 0 bridgehead atoms. The average molecular weight is 294 g/mol. The number of aromatic nitrogens is 2. The van der Waals surface area contributed by atoms with Gasteiger partial charge in [0.05, 0.1) is 12.2 Å². The second kappa shape index (κ2) is 6.43. The lowest BCUT2D eigenvalue weighted by Crippen LogP contribution is -2.31. The van der Waals surface area contributed by atoms with Gasteiger partial charge in [0.15, 0.2) is 6.61 Å². The summed E-state index contributed by atoms with van der Waals surface area (Å²) in [5.74, 6) is 0.435. The quantitative estimate of drug-likeness (QED) is 0.890. The van der Waals surface area contributed by atoms with Crippen molar-refractivity contribution in [3.8, 4) is 5.75 Å². The lowest BCUT2D eigenvalue weighted by atomic mass is 10.2. The Hall–Kier alpha value is -2.01. The van der Waals surface area contributed by atoms with Gasteiger partial charge in [-0.1, -0.05) is 11.6 Å². The Labute approximate surface area is 122 Å². The van der Waals surface area contributed by atoms with E-state index in [2.05, 4.69) is 15.5 Å². The number of benzene rings is 1. The van der Waals surface area contributed by atoms with Gasteiger partial charge in [-0.25, -0.2) is 0 Å². The lowest BCUT2D eigenvalue weighted by molar-refractivity contribution is -0.123. The molecular weight excluding hydrogens is 278 g/mol. The van der Waals surface area contributed by atoms with E-state index < -0.39 is 0 Å². The van der Waals surface area contributed by atoms with Crippen LogP contribution in [0.3, 0.4) is 0 Å². The summed E-state index contributed by atoms with van der Waals surface area (Å²) < 4.78 is 5.43. The number of hydrogen-bond donors (Lipinski definition) is 2. The molecule has 1 amide bonds. The van der Waals surface area contributed by atoms with Crippen molar-refractivity contribution in [2.45, 2.75) is 19.9 Å². The second-order valence-corrected chi connectivity index (χ2v) is 4.93. The Morgan fingerprint density at radius 3 is 3.00 bits per heavy atom. The fraction of sp³-hybridized carbons (Fsp3) is 0.286. The summed E-state index contributed by atoms with van der Waals surface area (Å²) in [5.41, 5.74) is 1.83. The van der Waals surface area contributed by atoms with Crippen molar-refractivity contribution >= 4 is 17.5 Å². The normalized spacial score (nSPS) is 11.9. The molecule has 1 aromatic carbocycles. The summed E-state index contributed by atoms with van der Waals surface area (Å²) in [7, 11) is 0. The predicted molar refractivity (Wildman–Crippen MR) is 76.8 cm³/mol. The topological polar surface area (TPSA) is 67.0 Å². The van der Waals surface area contributed by atoms with Crippen LogP contribution in [0.15, 0.2) is 30.6 Å². The van der Waals surface area contributed by atoms with E-state index in [1.54, 1.807) is 30.6 Å². The first-order chi connectivity index (χ1) is 9.56. The fourth-order valence-electron chi connectivity index (χ4n) is 1.72. The molecule has 1 atom stereocenters. The number of carbonyl (C=O) groups excluding carboxylic acids is 1. The van der Waals surface area contributed by atoms with Gasteiger partial charge in [0.1, 0.15) is 5.75 Å². The first-order valence-corrected chi connectivity index (χ1v) is 6.61. The Morgan fingerprint density at radius 2 is 2.35 bits per heavy atom. The molecule has 2 aromatic rings. The van der Waals surface area contributed by atoms with Gasteiger partial charge >= 0.3 is 0 Å². The molecule has 1 unspecified atom stereocenters. The van der Waals surface area contributed by atoms with Crippen LogP contribution in [-0.4, -0.2) is 22.7 Å². The van der Waals surface area contributed by atoms with Crippen molar-refractivity contribution in [3.05, 3.63) is 46.7 Å². The number of aryl methyl sites for hydroxylation is 1. The van der Waals surface area contributed by atoms with Crippen molar-refractivity contribution in [2.75, 3.05) is 6.61 Å². The molecule has 5 nitrogen and oxygen atoms in total. The van der Waals surface area contributed by atoms with Gasteiger partial charge in [0.2, 0.25) is 0 Å². The molecule has 2 rings (SSSR count). The lowest BCUT2D eigenvalue weighted by Gasteiger charge is -2.13. The summed E-state index contributed by atoms with van der Waals surface area (Å²) in [6.07, 6.45) is 3.42. The first-order valence-electron chi connectivity index (χ1n) is 6.23. The highest BCUT2D eigenvalue weighted by Crippen LogP contribution is 2.20. The number of hydrogen-bond acceptors (Lipinski definition) is 3. The molecule has 0 saturated carbocycles. The molecule has 2 N–H and O–H groups in total. The standard InChI is InChI=1S/C14H16ClN3O2/c1-9-5-12(3-4-13(9)15)20-8-14(19)18-10(2)11-6-16-17-7-11/h3-7,10H,8H2,1-2H3,(H,16,17)(H,18,19). The third-order valence-electron chi connectivity index (χ3n) is 2.90. The highest BCUT2D eigenvalue weighted by molar-refractivity contribution is 6.31. The molecule has 0 aliphatic rings. The SMILES string of the molecule is Cc1cc(OCC(=O)NC(C)c2cn[nH]c2)ccc1Cl. The molecule has 0 aliphatic carbocycles. The van der Waals surface area contributed by atoms with Gasteiger partial charge in [-0.15, -0.1) is 0 Å². The zero-order chi connectivity index (χ0) is 14.5. The number of H-pyrrole nitrogens is 1. The molecule has 0 radical (unpaired) electrons. The number of nitrogens with one attached hydrogen (secondary N) is 2. The highest BCUT2D eigenvalue weighted by atomic mass is 35.5. The zero-order valence-electron chi connectivity index (χ0n) is 11.3. The van der Waals surface area contributed by atoms with E-state index in [0.717, 1.165) is 11.1 Å². The summed E-state index contributed by atoms with van der Waals surface area (Å²) in [6.45, 7) is 3.73. The van der Waals surface area contributed by atoms with Crippen LogP contribution in [0.25, 0.3) is 0 Å². The van der Waals surface area contributed by atoms with E-state index in [0.29, 0.717) is 10.8 Å². The van der Waals surface area contributed by atoms with Crippen molar-refractivity contribution in [1.82, 2.24) is 15.5 Å². The van der Waals surface area contributed by atoms with Crippen molar-refractivity contribution < 1.29 is 9.53 Å². The fourth-order valence-corrected chi connectivity index (χ4v) is 1.84.